The van der Waals surface area contributed by atoms with E-state index in [4.69, 9.17) is 0 Å². The number of carbonyl (C=O) groups is 2. The number of hydrogen-bond donors (Lipinski definition) is 1. The minimum absolute atomic E-state index is 0.122. The minimum atomic E-state index is -0.122. The molecule has 1 aliphatic rings. The average Bonchev–Trinajstić information content (AvgIpc) is 3.44. The van der Waals surface area contributed by atoms with Crippen LogP contribution in [0.25, 0.3) is 5.65 Å². The molecule has 2 amide bonds. The summed E-state index contributed by atoms with van der Waals surface area (Å²) in [5.74, 6) is 0.681. The first-order chi connectivity index (χ1) is 14.0. The summed E-state index contributed by atoms with van der Waals surface area (Å²) in [7, 11) is 0. The van der Waals surface area contributed by atoms with Gasteiger partial charge in [0, 0.05) is 50.6 Å². The lowest BCUT2D eigenvalue weighted by molar-refractivity contribution is -0.130. The van der Waals surface area contributed by atoms with E-state index in [1.54, 1.807) is 12.4 Å². The van der Waals surface area contributed by atoms with Crippen molar-refractivity contribution in [2.45, 2.75) is 39.2 Å². The van der Waals surface area contributed by atoms with Crippen LogP contribution >= 0.6 is 11.3 Å². The van der Waals surface area contributed by atoms with Crippen molar-refractivity contribution in [3.05, 3.63) is 52.4 Å². The topological polar surface area (TPSA) is 79.6 Å². The third-order valence-electron chi connectivity index (χ3n) is 5.14. The van der Waals surface area contributed by atoms with Crippen LogP contribution in [0.2, 0.25) is 0 Å². The molecule has 1 unspecified atom stereocenters. The number of imidazole rings is 1. The van der Waals surface area contributed by atoms with E-state index in [0.29, 0.717) is 30.3 Å². The molecule has 1 aliphatic heterocycles. The lowest BCUT2D eigenvalue weighted by Gasteiger charge is -2.17. The number of aromatic nitrogens is 3. The second-order valence-corrected chi connectivity index (χ2v) is 8.96. The quantitative estimate of drug-likeness (QED) is 0.676. The van der Waals surface area contributed by atoms with E-state index >= 15 is 0 Å². The summed E-state index contributed by atoms with van der Waals surface area (Å²) in [4.78, 5) is 36.1. The van der Waals surface area contributed by atoms with Crippen LogP contribution in [0.4, 0.5) is 0 Å². The number of carbonyl (C=O) groups excluding carboxylic acids is 2. The lowest BCUT2D eigenvalue weighted by Crippen LogP contribution is -2.29. The van der Waals surface area contributed by atoms with E-state index in [0.717, 1.165) is 29.2 Å². The van der Waals surface area contributed by atoms with Crippen LogP contribution in [0.1, 0.15) is 52.8 Å². The second kappa shape index (κ2) is 8.32. The lowest BCUT2D eigenvalue weighted by atomic mass is 10.1. The zero-order valence-corrected chi connectivity index (χ0v) is 17.5. The fourth-order valence-corrected chi connectivity index (χ4v) is 4.54. The molecule has 0 radical (unpaired) electrons. The monoisotopic (exact) mass is 411 g/mol. The Bertz CT molecular complexity index is 1020. The Kier molecular flexibility index (Phi) is 5.62. The van der Waals surface area contributed by atoms with Crippen molar-refractivity contribution in [1.82, 2.24) is 24.6 Å². The van der Waals surface area contributed by atoms with Crippen molar-refractivity contribution in [3.8, 4) is 0 Å². The molecule has 0 spiro atoms. The average molecular weight is 412 g/mol. The van der Waals surface area contributed by atoms with Crippen molar-refractivity contribution in [2.24, 2.45) is 5.92 Å². The third kappa shape index (κ3) is 4.48. The molecule has 3 aromatic rings. The summed E-state index contributed by atoms with van der Waals surface area (Å²) in [5, 5.41) is 3.89. The van der Waals surface area contributed by atoms with E-state index < -0.39 is 0 Å². The zero-order chi connectivity index (χ0) is 20.4. The molecule has 8 heteroatoms. The highest BCUT2D eigenvalue weighted by atomic mass is 32.1. The Hall–Kier alpha value is -2.74. The van der Waals surface area contributed by atoms with Gasteiger partial charge in [0.2, 0.25) is 5.91 Å². The number of amides is 2. The van der Waals surface area contributed by atoms with E-state index in [2.05, 4.69) is 29.1 Å². The van der Waals surface area contributed by atoms with Gasteiger partial charge in [0.05, 0.1) is 11.2 Å². The SMILES string of the molecule is CC(C)CC(=O)N1CCC(c2ncc(C(=O)NCc3ccn4ccnc4c3)s2)C1. The molecule has 1 N–H and O–H groups in total. The Morgan fingerprint density at radius 3 is 3.00 bits per heavy atom. The van der Waals surface area contributed by atoms with Gasteiger partial charge in [-0.05, 0) is 30.0 Å². The largest absolute Gasteiger partial charge is 0.347 e. The molecule has 29 heavy (non-hydrogen) atoms. The van der Waals surface area contributed by atoms with Gasteiger partial charge in [-0.2, -0.15) is 0 Å². The Morgan fingerprint density at radius 2 is 2.17 bits per heavy atom. The number of likely N-dealkylation sites (tertiary alicyclic amines) is 1. The predicted molar refractivity (Wildman–Crippen MR) is 112 cm³/mol. The maximum atomic E-state index is 12.5. The van der Waals surface area contributed by atoms with Gasteiger partial charge in [0.25, 0.3) is 5.91 Å². The van der Waals surface area contributed by atoms with Crippen LogP contribution in [0.5, 0.6) is 0 Å². The highest BCUT2D eigenvalue weighted by Gasteiger charge is 2.29. The van der Waals surface area contributed by atoms with E-state index in [1.807, 2.05) is 33.8 Å². The first-order valence-corrected chi connectivity index (χ1v) is 10.7. The Labute approximate surface area is 173 Å². The van der Waals surface area contributed by atoms with Crippen LogP contribution in [-0.2, 0) is 11.3 Å². The third-order valence-corrected chi connectivity index (χ3v) is 6.29. The van der Waals surface area contributed by atoms with Crippen molar-refractivity contribution in [1.29, 1.82) is 0 Å². The van der Waals surface area contributed by atoms with Gasteiger partial charge in [-0.3, -0.25) is 9.59 Å². The molecule has 3 aromatic heterocycles. The van der Waals surface area contributed by atoms with Crippen molar-refractivity contribution < 1.29 is 9.59 Å². The van der Waals surface area contributed by atoms with Gasteiger partial charge in [0.1, 0.15) is 10.5 Å². The molecule has 0 bridgehead atoms. The highest BCUT2D eigenvalue weighted by molar-refractivity contribution is 7.13. The first kappa shape index (κ1) is 19.6. The summed E-state index contributed by atoms with van der Waals surface area (Å²) in [5.41, 5.74) is 1.85. The van der Waals surface area contributed by atoms with Crippen LogP contribution in [0, 0.1) is 5.92 Å². The molecule has 0 aromatic carbocycles. The number of nitrogens with one attached hydrogen (secondary N) is 1. The molecule has 0 aliphatic carbocycles. The van der Waals surface area contributed by atoms with Crippen molar-refractivity contribution in [3.63, 3.8) is 0 Å². The normalized spacial score (nSPS) is 16.7. The van der Waals surface area contributed by atoms with Crippen LogP contribution in [0.3, 0.4) is 0 Å². The number of nitrogens with zero attached hydrogens (tertiary/aromatic N) is 4. The minimum Gasteiger partial charge on any atom is -0.347 e. The summed E-state index contributed by atoms with van der Waals surface area (Å²) >= 11 is 1.43. The van der Waals surface area contributed by atoms with Gasteiger partial charge >= 0.3 is 0 Å². The fourth-order valence-electron chi connectivity index (χ4n) is 3.58. The second-order valence-electron chi connectivity index (χ2n) is 7.90. The highest BCUT2D eigenvalue weighted by Crippen LogP contribution is 2.31. The van der Waals surface area contributed by atoms with Crippen molar-refractivity contribution >= 4 is 28.8 Å². The molecule has 1 saturated heterocycles. The van der Waals surface area contributed by atoms with Gasteiger partial charge < -0.3 is 14.6 Å². The van der Waals surface area contributed by atoms with Crippen LogP contribution < -0.4 is 5.32 Å². The number of fused-ring (bicyclic) bond motifs is 1. The molecule has 4 rings (SSSR count). The molecular formula is C21H25N5O2S. The summed E-state index contributed by atoms with van der Waals surface area (Å²) in [6.07, 6.45) is 8.70. The number of rotatable bonds is 6. The van der Waals surface area contributed by atoms with E-state index in [1.165, 1.54) is 11.3 Å². The molecular weight excluding hydrogens is 386 g/mol. The smallest absolute Gasteiger partial charge is 0.263 e. The maximum absolute atomic E-state index is 12.5. The Morgan fingerprint density at radius 1 is 1.31 bits per heavy atom. The van der Waals surface area contributed by atoms with Gasteiger partial charge in [-0.1, -0.05) is 13.8 Å². The van der Waals surface area contributed by atoms with E-state index in [-0.39, 0.29) is 17.7 Å². The molecule has 1 fully saturated rings. The summed E-state index contributed by atoms with van der Waals surface area (Å²) in [6.45, 7) is 6.03. The predicted octanol–water partition coefficient (Wildman–Crippen LogP) is 3.08. The number of pyridine rings is 1. The Balaban J connectivity index is 1.33. The van der Waals surface area contributed by atoms with Gasteiger partial charge in [0.15, 0.2) is 0 Å². The van der Waals surface area contributed by atoms with Crippen LogP contribution in [-0.4, -0.2) is 44.2 Å². The molecule has 1 atom stereocenters. The molecule has 0 saturated carbocycles. The van der Waals surface area contributed by atoms with Gasteiger partial charge in [-0.15, -0.1) is 11.3 Å². The number of thiazole rings is 1. The fraction of sp³-hybridized carbons (Fsp3) is 0.429. The molecule has 7 nitrogen and oxygen atoms in total. The molecule has 4 heterocycles. The van der Waals surface area contributed by atoms with E-state index in [9.17, 15) is 9.59 Å². The summed E-state index contributed by atoms with van der Waals surface area (Å²) in [6, 6.07) is 3.92. The number of hydrogen-bond acceptors (Lipinski definition) is 5. The summed E-state index contributed by atoms with van der Waals surface area (Å²) < 4.78 is 1.93. The standard InChI is InChI=1S/C21H25N5O2S/c1-14(2)9-19(27)26-7-4-16(13-26)21-24-12-17(29-21)20(28)23-11-15-3-6-25-8-5-22-18(25)10-15/h3,5-6,8,10,12,14,16H,4,7,9,11,13H2,1-2H3,(H,23,28). The van der Waals surface area contributed by atoms with Gasteiger partial charge in [-0.25, -0.2) is 9.97 Å². The first-order valence-electron chi connectivity index (χ1n) is 9.93. The van der Waals surface area contributed by atoms with Crippen molar-refractivity contribution in [2.75, 3.05) is 13.1 Å². The van der Waals surface area contributed by atoms with Crippen LogP contribution in [0.15, 0.2) is 36.9 Å². The maximum Gasteiger partial charge on any atom is 0.263 e. The molecule has 152 valence electrons. The zero-order valence-electron chi connectivity index (χ0n) is 16.7.